The maximum absolute atomic E-state index is 12.9. The summed E-state index contributed by atoms with van der Waals surface area (Å²) in [5, 5.41) is 0. The molecule has 10 heteroatoms. The minimum absolute atomic E-state index is 0.0309. The molecule has 87 heavy (non-hydrogen) atoms. The van der Waals surface area contributed by atoms with Crippen LogP contribution in [0, 0.1) is 0 Å². The van der Waals surface area contributed by atoms with Crippen molar-refractivity contribution in [3.05, 3.63) is 36.5 Å². The maximum Gasteiger partial charge on any atom is 0.306 e. The first-order chi connectivity index (χ1) is 42.5. The molecule has 0 heterocycles. The second-order valence-electron chi connectivity index (χ2n) is 27.4. The van der Waals surface area contributed by atoms with E-state index in [1.54, 1.807) is 0 Å². The minimum atomic E-state index is -4.64. The molecular weight excluding hydrogens is 1100 g/mol. The SMILES string of the molecule is CCCCCCC/C=C\C/C=C\C/C=C\CCCCCCCCCCC(=O)OC(COC(=O)CCCCCCCCCCCCCCCCCCCCCCCCCCCCCCCCCCCCCCCCCC)COP(=O)([O-])OCC[N+](C)(C)C. The van der Waals surface area contributed by atoms with Gasteiger partial charge in [-0.05, 0) is 51.4 Å². The molecule has 514 valence electrons. The zero-order chi connectivity index (χ0) is 63.4. The molecule has 2 atom stereocenters. The number of hydrogen-bond donors (Lipinski definition) is 0. The number of rotatable bonds is 72. The molecule has 0 saturated heterocycles. The van der Waals surface area contributed by atoms with Crippen molar-refractivity contribution in [2.75, 3.05) is 47.5 Å². The van der Waals surface area contributed by atoms with Gasteiger partial charge in [0.2, 0.25) is 0 Å². The van der Waals surface area contributed by atoms with E-state index in [1.165, 1.54) is 302 Å². The monoisotopic (exact) mass is 1250 g/mol. The third kappa shape index (κ3) is 73.2. The molecule has 0 N–H and O–H groups in total. The first-order valence-corrected chi connectivity index (χ1v) is 39.7. The van der Waals surface area contributed by atoms with E-state index in [9.17, 15) is 19.0 Å². The van der Waals surface area contributed by atoms with Crippen LogP contribution in [0.2, 0.25) is 0 Å². The highest BCUT2D eigenvalue weighted by Crippen LogP contribution is 2.38. The standard InChI is InChI=1S/C77H148NO8P/c1-6-8-10-12-14-16-18-20-22-24-26-28-30-31-32-33-34-35-36-37-38-39-40-41-42-43-44-45-46-48-49-51-53-55-57-59-61-63-65-67-69-76(79)83-73-75(74-85-87(81,82)84-72-71-78(3,4)5)86-77(80)70-68-66-64-62-60-58-56-54-52-50-47-29-27-25-23-21-19-17-15-13-11-9-7-2/h19,21,25,27,47,50,75H,6-18,20,22-24,26,28-46,48-49,51-74H2,1-5H3/b21-19-,27-25-,50-47-. The van der Waals surface area contributed by atoms with Crippen LogP contribution in [0.4, 0.5) is 0 Å². The number of allylic oxidation sites excluding steroid dienone is 6. The van der Waals surface area contributed by atoms with Crippen molar-refractivity contribution in [3.63, 3.8) is 0 Å². The number of phosphoric ester groups is 1. The fraction of sp³-hybridized carbons (Fsp3) is 0.896. The Bertz CT molecular complexity index is 1560. The Balaban J connectivity index is 3.88. The van der Waals surface area contributed by atoms with Crippen LogP contribution in [0.25, 0.3) is 0 Å². The van der Waals surface area contributed by atoms with Crippen LogP contribution < -0.4 is 4.89 Å². The van der Waals surface area contributed by atoms with E-state index in [2.05, 4.69) is 50.3 Å². The Kier molecular flexibility index (Phi) is 67.2. The predicted octanol–water partition coefficient (Wildman–Crippen LogP) is 24.4. The summed E-state index contributed by atoms with van der Waals surface area (Å²) >= 11 is 0. The van der Waals surface area contributed by atoms with Gasteiger partial charge in [-0.15, -0.1) is 0 Å². The van der Waals surface area contributed by atoms with E-state index >= 15 is 0 Å². The quantitative estimate of drug-likeness (QED) is 0.0195. The number of carbonyl (C=O) groups excluding carboxylic acids is 2. The fourth-order valence-corrected chi connectivity index (χ4v) is 12.3. The fourth-order valence-electron chi connectivity index (χ4n) is 11.6. The topological polar surface area (TPSA) is 111 Å². The molecule has 2 unspecified atom stereocenters. The molecule has 0 fully saturated rings. The van der Waals surface area contributed by atoms with Gasteiger partial charge >= 0.3 is 11.9 Å². The number of likely N-dealkylation sites (N-methyl/N-ethyl adjacent to an activating group) is 1. The summed E-state index contributed by atoms with van der Waals surface area (Å²) in [7, 11) is 1.18. The lowest BCUT2D eigenvalue weighted by Gasteiger charge is -2.28. The van der Waals surface area contributed by atoms with Crippen molar-refractivity contribution in [1.29, 1.82) is 0 Å². The van der Waals surface area contributed by atoms with Gasteiger partial charge in [0, 0.05) is 12.8 Å². The van der Waals surface area contributed by atoms with Crippen molar-refractivity contribution in [2.24, 2.45) is 0 Å². The molecule has 0 radical (unpaired) electrons. The van der Waals surface area contributed by atoms with E-state index < -0.39 is 26.5 Å². The average molecular weight is 1250 g/mol. The molecular formula is C77H148NO8P. The summed E-state index contributed by atoms with van der Waals surface area (Å²) in [5.74, 6) is -0.823. The third-order valence-electron chi connectivity index (χ3n) is 17.4. The Hall–Kier alpha value is -1.77. The second kappa shape index (κ2) is 68.6. The first kappa shape index (κ1) is 85.2. The molecule has 0 aliphatic carbocycles. The van der Waals surface area contributed by atoms with Gasteiger partial charge in [0.25, 0.3) is 7.82 Å². The van der Waals surface area contributed by atoms with Crippen LogP contribution in [0.1, 0.15) is 393 Å². The van der Waals surface area contributed by atoms with Crippen molar-refractivity contribution in [1.82, 2.24) is 0 Å². The highest BCUT2D eigenvalue weighted by atomic mass is 31.2. The smallest absolute Gasteiger partial charge is 0.306 e. The number of hydrogen-bond acceptors (Lipinski definition) is 8. The highest BCUT2D eigenvalue weighted by Gasteiger charge is 2.22. The number of carbonyl (C=O) groups is 2. The number of esters is 2. The molecule has 0 aliphatic rings. The Labute approximate surface area is 541 Å². The molecule has 0 saturated carbocycles. The van der Waals surface area contributed by atoms with Gasteiger partial charge in [-0.1, -0.05) is 365 Å². The van der Waals surface area contributed by atoms with Crippen molar-refractivity contribution >= 4 is 19.8 Å². The van der Waals surface area contributed by atoms with Gasteiger partial charge < -0.3 is 27.9 Å². The number of phosphoric acid groups is 1. The van der Waals surface area contributed by atoms with Crippen LogP contribution >= 0.6 is 7.82 Å². The van der Waals surface area contributed by atoms with Gasteiger partial charge in [-0.25, -0.2) is 0 Å². The molecule has 0 aromatic heterocycles. The van der Waals surface area contributed by atoms with Crippen LogP contribution in [-0.2, 0) is 32.7 Å². The Morgan fingerprint density at radius 3 is 0.920 bits per heavy atom. The lowest BCUT2D eigenvalue weighted by molar-refractivity contribution is -0.870. The van der Waals surface area contributed by atoms with E-state index in [4.69, 9.17) is 18.5 Å². The molecule has 0 bridgehead atoms. The van der Waals surface area contributed by atoms with E-state index in [0.717, 1.165) is 57.8 Å². The molecule has 0 aliphatic heterocycles. The van der Waals surface area contributed by atoms with Crippen molar-refractivity contribution < 1.29 is 42.1 Å². The summed E-state index contributed by atoms with van der Waals surface area (Å²) < 4.78 is 34.3. The summed E-state index contributed by atoms with van der Waals surface area (Å²) in [4.78, 5) is 38.1. The maximum atomic E-state index is 12.9. The Morgan fingerprint density at radius 1 is 0.356 bits per heavy atom. The summed E-state index contributed by atoms with van der Waals surface area (Å²) in [6.07, 6.45) is 88.4. The zero-order valence-corrected chi connectivity index (χ0v) is 59.6. The zero-order valence-electron chi connectivity index (χ0n) is 58.7. The molecule has 0 rings (SSSR count). The normalized spacial score (nSPS) is 13.2. The summed E-state index contributed by atoms with van der Waals surface area (Å²) in [6.45, 7) is 4.29. The number of nitrogens with zero attached hydrogens (tertiary/aromatic N) is 1. The summed E-state index contributed by atoms with van der Waals surface area (Å²) in [5.41, 5.74) is 0. The van der Waals surface area contributed by atoms with E-state index in [-0.39, 0.29) is 32.0 Å². The van der Waals surface area contributed by atoms with Crippen LogP contribution in [0.3, 0.4) is 0 Å². The Morgan fingerprint density at radius 2 is 0.621 bits per heavy atom. The predicted molar refractivity (Wildman–Crippen MR) is 374 cm³/mol. The number of unbranched alkanes of at least 4 members (excludes halogenated alkanes) is 52. The molecule has 9 nitrogen and oxygen atoms in total. The third-order valence-corrected chi connectivity index (χ3v) is 18.4. The van der Waals surface area contributed by atoms with Gasteiger partial charge in [0.05, 0.1) is 27.7 Å². The molecule has 0 spiro atoms. The minimum Gasteiger partial charge on any atom is -0.756 e. The highest BCUT2D eigenvalue weighted by molar-refractivity contribution is 7.45. The van der Waals surface area contributed by atoms with Crippen LogP contribution in [0.5, 0.6) is 0 Å². The number of ether oxygens (including phenoxy) is 2. The van der Waals surface area contributed by atoms with E-state index in [1.807, 2.05) is 21.1 Å². The second-order valence-corrected chi connectivity index (χ2v) is 28.8. The van der Waals surface area contributed by atoms with Gasteiger partial charge in [0.15, 0.2) is 6.10 Å². The van der Waals surface area contributed by atoms with Crippen molar-refractivity contribution in [3.8, 4) is 0 Å². The average Bonchev–Trinajstić information content (AvgIpc) is 3.68. The molecule has 0 amide bonds. The molecule has 0 aromatic carbocycles. The van der Waals surface area contributed by atoms with Crippen LogP contribution in [-0.4, -0.2) is 70.0 Å². The van der Waals surface area contributed by atoms with Gasteiger partial charge in [-0.2, -0.15) is 0 Å². The number of quaternary nitrogens is 1. The summed E-state index contributed by atoms with van der Waals surface area (Å²) in [6, 6.07) is 0. The van der Waals surface area contributed by atoms with Gasteiger partial charge in [0.1, 0.15) is 19.8 Å². The lowest BCUT2D eigenvalue weighted by atomic mass is 10.0. The molecule has 0 aromatic rings. The largest absolute Gasteiger partial charge is 0.756 e. The van der Waals surface area contributed by atoms with E-state index in [0.29, 0.717) is 17.4 Å². The first-order valence-electron chi connectivity index (χ1n) is 38.2. The van der Waals surface area contributed by atoms with Crippen LogP contribution in [0.15, 0.2) is 36.5 Å². The lowest BCUT2D eigenvalue weighted by Crippen LogP contribution is -2.37. The van der Waals surface area contributed by atoms with Crippen molar-refractivity contribution in [2.45, 2.75) is 399 Å². The van der Waals surface area contributed by atoms with Gasteiger partial charge in [-0.3, -0.25) is 14.2 Å².